The van der Waals surface area contributed by atoms with E-state index in [2.05, 4.69) is 15.9 Å². The number of hydrogen-bond donors (Lipinski definition) is 1. The molecule has 0 heterocycles. The van der Waals surface area contributed by atoms with Crippen molar-refractivity contribution in [3.63, 3.8) is 0 Å². The van der Waals surface area contributed by atoms with E-state index >= 15 is 0 Å². The normalized spacial score (nSPS) is 18.2. The lowest BCUT2D eigenvalue weighted by Crippen LogP contribution is -2.44. The van der Waals surface area contributed by atoms with Gasteiger partial charge in [-0.15, -0.1) is 0 Å². The van der Waals surface area contributed by atoms with Crippen LogP contribution < -0.4 is 5.73 Å². The highest BCUT2D eigenvalue weighted by Crippen LogP contribution is 2.41. The average Bonchev–Trinajstić information content (AvgIpc) is 2.20. The molecule has 1 aromatic carbocycles. The lowest BCUT2D eigenvalue weighted by atomic mass is 9.72. The summed E-state index contributed by atoms with van der Waals surface area (Å²) in [5, 5.41) is 0. The van der Waals surface area contributed by atoms with Gasteiger partial charge in [-0.3, -0.25) is 0 Å². The predicted octanol–water partition coefficient (Wildman–Crippen LogP) is 3.07. The lowest BCUT2D eigenvalue weighted by Gasteiger charge is -2.39. The summed E-state index contributed by atoms with van der Waals surface area (Å²) < 4.78 is 19.5. The SMILES string of the molecule is COCc1cc(Br)c(F)c(C2(N)CCC2)c1. The first-order valence-electron chi connectivity index (χ1n) is 5.33. The van der Waals surface area contributed by atoms with Crippen molar-refractivity contribution in [2.75, 3.05) is 7.11 Å². The summed E-state index contributed by atoms with van der Waals surface area (Å²) in [6, 6.07) is 3.56. The van der Waals surface area contributed by atoms with Crippen molar-refractivity contribution in [3.8, 4) is 0 Å². The molecule has 1 aliphatic rings. The summed E-state index contributed by atoms with van der Waals surface area (Å²) in [7, 11) is 1.62. The summed E-state index contributed by atoms with van der Waals surface area (Å²) in [6.07, 6.45) is 2.78. The van der Waals surface area contributed by atoms with Crippen LogP contribution in [0.25, 0.3) is 0 Å². The molecule has 88 valence electrons. The van der Waals surface area contributed by atoms with Gasteiger partial charge in [0, 0.05) is 18.2 Å². The van der Waals surface area contributed by atoms with Crippen molar-refractivity contribution in [1.29, 1.82) is 0 Å². The molecule has 2 N–H and O–H groups in total. The smallest absolute Gasteiger partial charge is 0.142 e. The maximum absolute atomic E-state index is 14.0. The molecule has 0 amide bonds. The van der Waals surface area contributed by atoms with Crippen LogP contribution in [0.3, 0.4) is 0 Å². The highest BCUT2D eigenvalue weighted by Gasteiger charge is 2.37. The molecule has 1 saturated carbocycles. The Morgan fingerprint density at radius 3 is 2.69 bits per heavy atom. The van der Waals surface area contributed by atoms with E-state index in [4.69, 9.17) is 10.5 Å². The van der Waals surface area contributed by atoms with Crippen molar-refractivity contribution in [3.05, 3.63) is 33.5 Å². The standard InChI is InChI=1S/C12H15BrFNO/c1-16-7-8-5-9(11(14)10(13)6-8)12(15)3-2-4-12/h5-6H,2-4,7,15H2,1H3. The van der Waals surface area contributed by atoms with Gasteiger partial charge in [-0.05, 0) is 52.9 Å². The molecule has 1 fully saturated rings. The minimum Gasteiger partial charge on any atom is -0.380 e. The van der Waals surface area contributed by atoms with Crippen molar-refractivity contribution < 1.29 is 9.13 Å². The Labute approximate surface area is 103 Å². The van der Waals surface area contributed by atoms with E-state index in [1.807, 2.05) is 6.07 Å². The van der Waals surface area contributed by atoms with Crippen LogP contribution in [0, 0.1) is 5.82 Å². The van der Waals surface area contributed by atoms with Crippen LogP contribution in [-0.2, 0) is 16.9 Å². The first-order valence-corrected chi connectivity index (χ1v) is 6.12. The third-order valence-electron chi connectivity index (χ3n) is 3.18. The zero-order valence-corrected chi connectivity index (χ0v) is 10.8. The van der Waals surface area contributed by atoms with Gasteiger partial charge < -0.3 is 10.5 Å². The fourth-order valence-corrected chi connectivity index (χ4v) is 2.59. The number of hydrogen-bond acceptors (Lipinski definition) is 2. The molecule has 0 saturated heterocycles. The summed E-state index contributed by atoms with van der Waals surface area (Å²) in [6.45, 7) is 0.474. The van der Waals surface area contributed by atoms with Gasteiger partial charge in [0.05, 0.1) is 11.1 Å². The largest absolute Gasteiger partial charge is 0.380 e. The summed E-state index contributed by atoms with van der Waals surface area (Å²) in [5.74, 6) is -0.234. The molecule has 0 spiro atoms. The Kier molecular flexibility index (Phi) is 3.33. The molecule has 2 nitrogen and oxygen atoms in total. The second kappa shape index (κ2) is 4.43. The summed E-state index contributed by atoms with van der Waals surface area (Å²) >= 11 is 3.23. The minimum atomic E-state index is -0.476. The number of halogens is 2. The van der Waals surface area contributed by atoms with Gasteiger partial charge in [0.15, 0.2) is 0 Å². The van der Waals surface area contributed by atoms with Gasteiger partial charge >= 0.3 is 0 Å². The van der Waals surface area contributed by atoms with E-state index in [1.165, 1.54) is 0 Å². The highest BCUT2D eigenvalue weighted by atomic mass is 79.9. The molecule has 0 atom stereocenters. The minimum absolute atomic E-state index is 0.234. The first kappa shape index (κ1) is 12.0. The summed E-state index contributed by atoms with van der Waals surface area (Å²) in [5.41, 5.74) is 7.24. The Morgan fingerprint density at radius 2 is 2.19 bits per heavy atom. The van der Waals surface area contributed by atoms with Gasteiger partial charge in [0.1, 0.15) is 5.82 Å². The molecule has 4 heteroatoms. The van der Waals surface area contributed by atoms with Crippen LogP contribution >= 0.6 is 15.9 Å². The number of nitrogens with two attached hydrogens (primary N) is 1. The Bertz CT molecular complexity index is 404. The third kappa shape index (κ3) is 2.01. The monoisotopic (exact) mass is 287 g/mol. The topological polar surface area (TPSA) is 35.2 Å². The molecule has 0 aliphatic heterocycles. The number of rotatable bonds is 3. The average molecular weight is 288 g/mol. The van der Waals surface area contributed by atoms with Crippen LogP contribution in [0.2, 0.25) is 0 Å². The van der Waals surface area contributed by atoms with Crippen molar-refractivity contribution in [1.82, 2.24) is 0 Å². The van der Waals surface area contributed by atoms with Crippen LogP contribution in [0.5, 0.6) is 0 Å². The van der Waals surface area contributed by atoms with Gasteiger partial charge in [-0.1, -0.05) is 0 Å². The molecule has 2 rings (SSSR count). The Balaban J connectivity index is 2.42. The van der Waals surface area contributed by atoms with E-state index < -0.39 is 5.54 Å². The second-order valence-corrected chi connectivity index (χ2v) is 5.24. The quantitative estimate of drug-likeness (QED) is 0.927. The van der Waals surface area contributed by atoms with Crippen LogP contribution in [0.4, 0.5) is 4.39 Å². The third-order valence-corrected chi connectivity index (χ3v) is 3.76. The molecule has 0 unspecified atom stereocenters. The molecule has 1 aromatic rings. The molecule has 0 aromatic heterocycles. The fourth-order valence-electron chi connectivity index (χ4n) is 2.08. The predicted molar refractivity (Wildman–Crippen MR) is 64.5 cm³/mol. The van der Waals surface area contributed by atoms with Crippen LogP contribution in [0.15, 0.2) is 16.6 Å². The van der Waals surface area contributed by atoms with Crippen molar-refractivity contribution in [2.24, 2.45) is 5.73 Å². The zero-order chi connectivity index (χ0) is 11.8. The van der Waals surface area contributed by atoms with E-state index in [0.717, 1.165) is 24.8 Å². The Morgan fingerprint density at radius 1 is 1.50 bits per heavy atom. The second-order valence-electron chi connectivity index (χ2n) is 4.38. The van der Waals surface area contributed by atoms with E-state index in [-0.39, 0.29) is 5.82 Å². The number of ether oxygens (including phenoxy) is 1. The van der Waals surface area contributed by atoms with Crippen molar-refractivity contribution in [2.45, 2.75) is 31.4 Å². The maximum atomic E-state index is 14.0. The molecule has 0 radical (unpaired) electrons. The number of methoxy groups -OCH3 is 1. The maximum Gasteiger partial charge on any atom is 0.142 e. The molecular formula is C12H15BrFNO. The summed E-state index contributed by atoms with van der Waals surface area (Å²) in [4.78, 5) is 0. The zero-order valence-electron chi connectivity index (χ0n) is 9.22. The van der Waals surface area contributed by atoms with E-state index in [1.54, 1.807) is 13.2 Å². The molecule has 0 bridgehead atoms. The lowest BCUT2D eigenvalue weighted by molar-refractivity contribution is 0.184. The van der Waals surface area contributed by atoms with Gasteiger partial charge in [0.2, 0.25) is 0 Å². The van der Waals surface area contributed by atoms with Gasteiger partial charge in [0.25, 0.3) is 0 Å². The molecule has 1 aliphatic carbocycles. The molecule has 16 heavy (non-hydrogen) atoms. The van der Waals surface area contributed by atoms with Crippen LogP contribution in [0.1, 0.15) is 30.4 Å². The van der Waals surface area contributed by atoms with E-state index in [9.17, 15) is 4.39 Å². The molecular weight excluding hydrogens is 273 g/mol. The highest BCUT2D eigenvalue weighted by molar-refractivity contribution is 9.10. The van der Waals surface area contributed by atoms with Crippen molar-refractivity contribution >= 4 is 15.9 Å². The van der Waals surface area contributed by atoms with E-state index in [0.29, 0.717) is 16.6 Å². The van der Waals surface area contributed by atoms with Crippen LogP contribution in [-0.4, -0.2) is 7.11 Å². The Hall–Kier alpha value is -0.450. The van der Waals surface area contributed by atoms with Gasteiger partial charge in [-0.25, -0.2) is 4.39 Å². The first-order chi connectivity index (χ1) is 7.57. The van der Waals surface area contributed by atoms with Gasteiger partial charge in [-0.2, -0.15) is 0 Å². The fraction of sp³-hybridized carbons (Fsp3) is 0.500. The number of benzene rings is 1.